The molecule has 1 aliphatic heterocycles. The monoisotopic (exact) mass is 488 g/mol. The molecule has 0 bridgehead atoms. The van der Waals surface area contributed by atoms with Gasteiger partial charge in [-0.3, -0.25) is 14.3 Å². The standard InChI is InChI=1S/C25H24N6OS2/c1-16-14-19(17(2)31(16)25-27-12-13-34-25)23-22(20-10-6-7-11-26-20)29-24(33)30(23)15-21(32)28-18-8-4-3-5-9-18/h3-14,22-23H,15H2,1-2H3,(H,28,32)(H,29,33)/t22-,23-/m0/s1. The van der Waals surface area contributed by atoms with Crippen molar-refractivity contribution in [3.05, 3.63) is 95.0 Å². The van der Waals surface area contributed by atoms with Crippen LogP contribution in [-0.2, 0) is 4.79 Å². The Hall–Kier alpha value is -3.56. The van der Waals surface area contributed by atoms with Crippen LogP contribution in [0.3, 0.4) is 0 Å². The molecule has 4 heterocycles. The molecular formula is C25H24N6OS2. The topological polar surface area (TPSA) is 75.1 Å². The summed E-state index contributed by atoms with van der Waals surface area (Å²) in [5, 5.41) is 9.81. The van der Waals surface area contributed by atoms with Gasteiger partial charge in [0, 0.05) is 34.8 Å². The Morgan fingerprint density at radius 1 is 1.12 bits per heavy atom. The van der Waals surface area contributed by atoms with Gasteiger partial charge in [0.05, 0.1) is 17.8 Å². The number of amides is 1. The van der Waals surface area contributed by atoms with E-state index in [1.54, 1.807) is 17.5 Å². The largest absolute Gasteiger partial charge is 0.352 e. The minimum Gasteiger partial charge on any atom is -0.352 e. The van der Waals surface area contributed by atoms with Gasteiger partial charge in [-0.15, -0.1) is 11.3 Å². The maximum absolute atomic E-state index is 13.0. The van der Waals surface area contributed by atoms with E-state index in [1.165, 1.54) is 0 Å². The Kier molecular flexibility index (Phi) is 6.12. The molecule has 1 aliphatic rings. The first-order chi connectivity index (χ1) is 16.5. The summed E-state index contributed by atoms with van der Waals surface area (Å²) in [5.41, 5.74) is 4.86. The van der Waals surface area contributed by atoms with Gasteiger partial charge in [0.2, 0.25) is 5.91 Å². The smallest absolute Gasteiger partial charge is 0.244 e. The van der Waals surface area contributed by atoms with Crippen LogP contribution < -0.4 is 10.6 Å². The maximum atomic E-state index is 13.0. The van der Waals surface area contributed by atoms with Crippen molar-refractivity contribution in [3.63, 3.8) is 0 Å². The highest BCUT2D eigenvalue weighted by molar-refractivity contribution is 7.80. The van der Waals surface area contributed by atoms with Crippen molar-refractivity contribution in [3.8, 4) is 5.13 Å². The SMILES string of the molecule is Cc1cc([C@H]2[C@H](c3ccccn3)NC(=S)N2CC(=O)Nc2ccccc2)c(C)n1-c1nccs1. The molecule has 1 fully saturated rings. The molecule has 0 aliphatic carbocycles. The third-order valence-corrected chi connectivity index (χ3v) is 7.08. The highest BCUT2D eigenvalue weighted by Gasteiger charge is 2.42. The van der Waals surface area contributed by atoms with Crippen LogP contribution in [0.25, 0.3) is 5.13 Å². The number of nitrogens with zero attached hydrogens (tertiary/aromatic N) is 4. The fraction of sp³-hybridized carbons (Fsp3) is 0.200. The Balaban J connectivity index is 1.53. The van der Waals surface area contributed by atoms with Crippen molar-refractivity contribution < 1.29 is 4.79 Å². The summed E-state index contributed by atoms with van der Waals surface area (Å²) in [5.74, 6) is -0.129. The molecule has 0 spiro atoms. The number of nitrogens with one attached hydrogen (secondary N) is 2. The molecule has 0 saturated carbocycles. The van der Waals surface area contributed by atoms with Gasteiger partial charge in [0.1, 0.15) is 6.54 Å². The van der Waals surface area contributed by atoms with Crippen LogP contribution >= 0.6 is 23.6 Å². The van der Waals surface area contributed by atoms with Crippen LogP contribution in [0, 0.1) is 13.8 Å². The summed E-state index contributed by atoms with van der Waals surface area (Å²) in [6.07, 6.45) is 3.59. The van der Waals surface area contributed by atoms with Crippen LogP contribution in [0.4, 0.5) is 5.69 Å². The number of hydrogen-bond donors (Lipinski definition) is 2. The van der Waals surface area contributed by atoms with Crippen molar-refractivity contribution in [1.29, 1.82) is 0 Å². The molecule has 1 saturated heterocycles. The second-order valence-electron chi connectivity index (χ2n) is 8.15. The number of rotatable bonds is 6. The quantitative estimate of drug-likeness (QED) is 0.388. The molecule has 1 amide bonds. The number of pyridine rings is 1. The molecule has 0 unspecified atom stereocenters. The van der Waals surface area contributed by atoms with Gasteiger partial charge < -0.3 is 15.5 Å². The van der Waals surface area contributed by atoms with Gasteiger partial charge in [-0.05, 0) is 62.0 Å². The summed E-state index contributed by atoms with van der Waals surface area (Å²) >= 11 is 7.32. The number of para-hydroxylation sites is 1. The van der Waals surface area contributed by atoms with E-state index in [1.807, 2.05) is 65.0 Å². The van der Waals surface area contributed by atoms with E-state index in [4.69, 9.17) is 12.2 Å². The average molecular weight is 489 g/mol. The zero-order valence-electron chi connectivity index (χ0n) is 18.8. The first-order valence-corrected chi connectivity index (χ1v) is 12.2. The molecule has 4 aromatic rings. The van der Waals surface area contributed by atoms with Gasteiger partial charge in [-0.25, -0.2) is 4.98 Å². The zero-order chi connectivity index (χ0) is 23.7. The van der Waals surface area contributed by atoms with Crippen molar-refractivity contribution in [2.75, 3.05) is 11.9 Å². The summed E-state index contributed by atoms with van der Waals surface area (Å²) in [4.78, 5) is 24.1. The Bertz CT molecular complexity index is 1300. The van der Waals surface area contributed by atoms with E-state index in [2.05, 4.69) is 45.1 Å². The van der Waals surface area contributed by atoms with Crippen molar-refractivity contribution >= 4 is 40.3 Å². The van der Waals surface area contributed by atoms with Gasteiger partial charge in [-0.2, -0.15) is 0 Å². The number of aryl methyl sites for hydroxylation is 1. The van der Waals surface area contributed by atoms with Crippen LogP contribution in [0.5, 0.6) is 0 Å². The molecule has 1 aromatic carbocycles. The van der Waals surface area contributed by atoms with Gasteiger partial charge in [0.15, 0.2) is 10.2 Å². The van der Waals surface area contributed by atoms with Gasteiger partial charge >= 0.3 is 0 Å². The molecule has 3 aromatic heterocycles. The van der Waals surface area contributed by atoms with Crippen LogP contribution in [0.15, 0.2) is 72.4 Å². The molecule has 172 valence electrons. The first kappa shape index (κ1) is 22.2. The molecule has 9 heteroatoms. The fourth-order valence-corrected chi connectivity index (χ4v) is 5.56. The molecule has 34 heavy (non-hydrogen) atoms. The minimum absolute atomic E-state index is 0.121. The summed E-state index contributed by atoms with van der Waals surface area (Å²) < 4.78 is 2.15. The Labute approximate surface area is 207 Å². The van der Waals surface area contributed by atoms with E-state index < -0.39 is 0 Å². The first-order valence-electron chi connectivity index (χ1n) is 10.9. The predicted molar refractivity (Wildman–Crippen MR) is 138 cm³/mol. The van der Waals surface area contributed by atoms with Gasteiger partial charge in [-0.1, -0.05) is 24.3 Å². The third-order valence-electron chi connectivity index (χ3n) is 5.97. The average Bonchev–Trinajstić information content (AvgIpc) is 3.54. The predicted octanol–water partition coefficient (Wildman–Crippen LogP) is 4.56. The van der Waals surface area contributed by atoms with Crippen LogP contribution in [0.2, 0.25) is 0 Å². The van der Waals surface area contributed by atoms with Crippen molar-refractivity contribution in [2.45, 2.75) is 25.9 Å². The minimum atomic E-state index is -0.205. The van der Waals surface area contributed by atoms with Crippen molar-refractivity contribution in [2.24, 2.45) is 0 Å². The number of anilines is 1. The van der Waals surface area contributed by atoms with Crippen molar-refractivity contribution in [1.82, 2.24) is 24.8 Å². The highest BCUT2D eigenvalue weighted by atomic mass is 32.1. The Morgan fingerprint density at radius 2 is 1.91 bits per heavy atom. The normalized spacial score (nSPS) is 17.6. The second-order valence-corrected chi connectivity index (χ2v) is 9.40. The number of benzene rings is 1. The van der Waals surface area contributed by atoms with Gasteiger partial charge in [0.25, 0.3) is 0 Å². The zero-order valence-corrected chi connectivity index (χ0v) is 20.4. The van der Waals surface area contributed by atoms with E-state index in [9.17, 15) is 4.79 Å². The molecule has 7 nitrogen and oxygen atoms in total. The summed E-state index contributed by atoms with van der Waals surface area (Å²) in [6.45, 7) is 4.28. The number of aromatic nitrogens is 3. The molecular weight excluding hydrogens is 464 g/mol. The number of carbonyl (C=O) groups excluding carboxylic acids is 1. The molecule has 2 atom stereocenters. The number of thiazole rings is 1. The van der Waals surface area contributed by atoms with E-state index in [-0.39, 0.29) is 24.5 Å². The second kappa shape index (κ2) is 9.36. The lowest BCUT2D eigenvalue weighted by atomic mass is 9.97. The number of hydrogen-bond acceptors (Lipinski definition) is 5. The lowest BCUT2D eigenvalue weighted by Crippen LogP contribution is -2.37. The molecule has 0 radical (unpaired) electrons. The fourth-order valence-electron chi connectivity index (χ4n) is 4.50. The van der Waals surface area contributed by atoms with Crippen LogP contribution in [-0.4, -0.2) is 37.0 Å². The maximum Gasteiger partial charge on any atom is 0.244 e. The van der Waals surface area contributed by atoms with E-state index >= 15 is 0 Å². The lowest BCUT2D eigenvalue weighted by Gasteiger charge is -2.27. The molecule has 5 rings (SSSR count). The number of carbonyl (C=O) groups is 1. The third kappa shape index (κ3) is 4.20. The summed E-state index contributed by atoms with van der Waals surface area (Å²) in [6, 6.07) is 17.1. The summed E-state index contributed by atoms with van der Waals surface area (Å²) in [7, 11) is 0. The lowest BCUT2D eigenvalue weighted by molar-refractivity contribution is -0.116. The van der Waals surface area contributed by atoms with Crippen LogP contribution in [0.1, 0.15) is 34.7 Å². The highest BCUT2D eigenvalue weighted by Crippen LogP contribution is 2.41. The Morgan fingerprint density at radius 3 is 2.62 bits per heavy atom. The number of thiocarbonyl (C=S) groups is 1. The van der Waals surface area contributed by atoms with E-state index in [0.29, 0.717) is 5.11 Å². The molecule has 2 N–H and O–H groups in total. The van der Waals surface area contributed by atoms with E-state index in [0.717, 1.165) is 33.5 Å².